The topological polar surface area (TPSA) is 110 Å². The zero-order valence-corrected chi connectivity index (χ0v) is 21.5. The van der Waals surface area contributed by atoms with Gasteiger partial charge in [-0.15, -0.1) is 0 Å². The smallest absolute Gasteiger partial charge is 0.269 e. The molecule has 0 bridgehead atoms. The van der Waals surface area contributed by atoms with Crippen LogP contribution < -0.4 is 10.9 Å². The summed E-state index contributed by atoms with van der Waals surface area (Å²) in [6, 6.07) is 12.1. The minimum atomic E-state index is -0.473. The average Bonchev–Trinajstić information content (AvgIpc) is 2.80. The number of carbonyl (C=O) groups is 1. The predicted octanol–water partition coefficient (Wildman–Crippen LogP) is 4.46. The average molecular weight is 498 g/mol. The summed E-state index contributed by atoms with van der Waals surface area (Å²) in [5.74, 6) is -0.244. The summed E-state index contributed by atoms with van der Waals surface area (Å²) in [4.78, 5) is 43.4. The van der Waals surface area contributed by atoms with Crippen LogP contribution in [0.4, 0.5) is 11.4 Å². The summed E-state index contributed by atoms with van der Waals surface area (Å²) >= 11 is 1.20. The van der Waals surface area contributed by atoms with E-state index in [2.05, 4.69) is 42.9 Å². The fourth-order valence-electron chi connectivity index (χ4n) is 4.00. The van der Waals surface area contributed by atoms with Crippen LogP contribution in [0.2, 0.25) is 0 Å². The first-order chi connectivity index (χ1) is 16.6. The number of para-hydroxylation sites is 1. The molecule has 3 aromatic rings. The normalized spacial score (nSPS) is 11.5. The fraction of sp³-hybridized carbons (Fsp3) is 0.400. The third-order valence-corrected chi connectivity index (χ3v) is 6.74. The van der Waals surface area contributed by atoms with Crippen molar-refractivity contribution in [2.75, 3.05) is 17.6 Å². The summed E-state index contributed by atoms with van der Waals surface area (Å²) in [6.45, 7) is 11.3. The Balaban J connectivity index is 1.82. The lowest BCUT2D eigenvalue weighted by Crippen LogP contribution is -2.40. The number of hydrogen-bond acceptors (Lipinski definition) is 7. The molecular weight excluding hydrogens is 466 g/mol. The highest BCUT2D eigenvalue weighted by Gasteiger charge is 2.18. The SMILES string of the molecule is Cc1cc([N+](=O)[O-])ccc1NC(=O)CSc1nc2ccccc2c(=O)n1CCN(C(C)C)C(C)C. The monoisotopic (exact) mass is 497 g/mol. The molecule has 0 radical (unpaired) electrons. The Morgan fingerprint density at radius 3 is 2.49 bits per heavy atom. The molecule has 0 aliphatic carbocycles. The molecule has 0 atom stereocenters. The minimum absolute atomic E-state index is 0.0314. The Morgan fingerprint density at radius 2 is 1.86 bits per heavy atom. The van der Waals surface area contributed by atoms with Crippen molar-refractivity contribution >= 4 is 39.9 Å². The van der Waals surface area contributed by atoms with Gasteiger partial charge in [-0.3, -0.25) is 29.2 Å². The molecule has 0 aliphatic heterocycles. The van der Waals surface area contributed by atoms with Gasteiger partial charge in [0.1, 0.15) is 0 Å². The molecule has 1 aromatic heterocycles. The maximum atomic E-state index is 13.3. The number of aryl methyl sites for hydroxylation is 1. The number of anilines is 1. The number of aromatic nitrogens is 2. The number of thioether (sulfide) groups is 1. The van der Waals surface area contributed by atoms with E-state index in [-0.39, 0.29) is 22.9 Å². The van der Waals surface area contributed by atoms with Gasteiger partial charge < -0.3 is 5.32 Å². The Kier molecular flexibility index (Phi) is 8.63. The molecule has 186 valence electrons. The van der Waals surface area contributed by atoms with Gasteiger partial charge in [0.05, 0.1) is 21.6 Å². The lowest BCUT2D eigenvalue weighted by molar-refractivity contribution is -0.384. The van der Waals surface area contributed by atoms with Crippen LogP contribution in [0.1, 0.15) is 33.3 Å². The number of nitro benzene ring substituents is 1. The lowest BCUT2D eigenvalue weighted by Gasteiger charge is -2.30. The number of amides is 1. The van der Waals surface area contributed by atoms with E-state index in [1.54, 1.807) is 23.6 Å². The molecule has 35 heavy (non-hydrogen) atoms. The Morgan fingerprint density at radius 1 is 1.17 bits per heavy atom. The summed E-state index contributed by atoms with van der Waals surface area (Å²) in [7, 11) is 0. The molecule has 0 unspecified atom stereocenters. The summed E-state index contributed by atoms with van der Waals surface area (Å²) in [5.41, 5.74) is 1.54. The van der Waals surface area contributed by atoms with Crippen molar-refractivity contribution in [1.29, 1.82) is 0 Å². The van der Waals surface area contributed by atoms with Crippen LogP contribution >= 0.6 is 11.8 Å². The molecule has 2 aromatic carbocycles. The van der Waals surface area contributed by atoms with Crippen molar-refractivity contribution in [2.45, 2.75) is 58.4 Å². The Bertz CT molecular complexity index is 1280. The maximum Gasteiger partial charge on any atom is 0.269 e. The van der Waals surface area contributed by atoms with Gasteiger partial charge in [-0.1, -0.05) is 23.9 Å². The second-order valence-electron chi connectivity index (χ2n) is 8.89. The number of carbonyl (C=O) groups excluding carboxylic acids is 1. The third-order valence-electron chi connectivity index (χ3n) is 5.76. The van der Waals surface area contributed by atoms with E-state index in [1.165, 1.54) is 30.0 Å². The van der Waals surface area contributed by atoms with Gasteiger partial charge in [-0.2, -0.15) is 0 Å². The molecule has 1 heterocycles. The van der Waals surface area contributed by atoms with Crippen LogP contribution in [0.25, 0.3) is 10.9 Å². The molecule has 0 saturated carbocycles. The highest BCUT2D eigenvalue weighted by atomic mass is 32.2. The van der Waals surface area contributed by atoms with Crippen molar-refractivity contribution in [3.63, 3.8) is 0 Å². The highest BCUT2D eigenvalue weighted by Crippen LogP contribution is 2.23. The van der Waals surface area contributed by atoms with Crippen LogP contribution in [0.3, 0.4) is 0 Å². The van der Waals surface area contributed by atoms with Gasteiger partial charge in [0.25, 0.3) is 11.2 Å². The Hall–Kier alpha value is -3.24. The van der Waals surface area contributed by atoms with E-state index in [0.29, 0.717) is 52.5 Å². The molecule has 1 N–H and O–H groups in total. The van der Waals surface area contributed by atoms with E-state index in [0.717, 1.165) is 0 Å². The number of nitrogens with zero attached hydrogens (tertiary/aromatic N) is 4. The third kappa shape index (κ3) is 6.46. The minimum Gasteiger partial charge on any atom is -0.325 e. The van der Waals surface area contributed by atoms with Crippen LogP contribution in [-0.2, 0) is 11.3 Å². The summed E-state index contributed by atoms with van der Waals surface area (Å²) in [6.07, 6.45) is 0. The highest BCUT2D eigenvalue weighted by molar-refractivity contribution is 7.99. The molecule has 0 aliphatic rings. The second-order valence-corrected chi connectivity index (χ2v) is 9.83. The van der Waals surface area contributed by atoms with Crippen molar-refractivity contribution in [3.8, 4) is 0 Å². The molecule has 3 rings (SSSR count). The number of rotatable bonds is 10. The van der Waals surface area contributed by atoms with Crippen LogP contribution in [-0.4, -0.2) is 49.7 Å². The zero-order valence-electron chi connectivity index (χ0n) is 20.6. The zero-order chi connectivity index (χ0) is 25.7. The second kappa shape index (κ2) is 11.5. The standard InChI is InChI=1S/C25H31N5O4S/c1-16(2)28(17(3)4)12-13-29-24(32)20-8-6-7-9-22(20)27-25(29)35-15-23(31)26-21-11-10-19(30(33)34)14-18(21)5/h6-11,14,16-17H,12-13,15H2,1-5H3,(H,26,31). The van der Waals surface area contributed by atoms with Crippen molar-refractivity contribution < 1.29 is 9.72 Å². The van der Waals surface area contributed by atoms with Crippen LogP contribution in [0.5, 0.6) is 0 Å². The maximum absolute atomic E-state index is 13.3. The Labute approximate surface area is 208 Å². The molecule has 0 spiro atoms. The van der Waals surface area contributed by atoms with Gasteiger partial charge in [0.2, 0.25) is 5.91 Å². The largest absolute Gasteiger partial charge is 0.325 e. The first-order valence-electron chi connectivity index (χ1n) is 11.5. The van der Waals surface area contributed by atoms with Gasteiger partial charge in [0.15, 0.2) is 5.16 Å². The number of non-ortho nitro benzene ring substituents is 1. The molecule has 0 fully saturated rings. The van der Waals surface area contributed by atoms with E-state index < -0.39 is 4.92 Å². The number of nitrogens with one attached hydrogen (secondary N) is 1. The summed E-state index contributed by atoms with van der Waals surface area (Å²) < 4.78 is 1.65. The fourth-order valence-corrected chi connectivity index (χ4v) is 4.83. The van der Waals surface area contributed by atoms with Gasteiger partial charge >= 0.3 is 0 Å². The summed E-state index contributed by atoms with van der Waals surface area (Å²) in [5, 5.41) is 14.8. The van der Waals surface area contributed by atoms with Crippen LogP contribution in [0.15, 0.2) is 52.4 Å². The molecule has 0 saturated heterocycles. The van der Waals surface area contributed by atoms with E-state index in [4.69, 9.17) is 0 Å². The quantitative estimate of drug-likeness (QED) is 0.190. The van der Waals surface area contributed by atoms with Gasteiger partial charge in [-0.05, 0) is 58.4 Å². The molecule has 9 nitrogen and oxygen atoms in total. The van der Waals surface area contributed by atoms with E-state index >= 15 is 0 Å². The molecule has 1 amide bonds. The van der Waals surface area contributed by atoms with E-state index in [9.17, 15) is 19.7 Å². The van der Waals surface area contributed by atoms with Crippen molar-refractivity contribution in [3.05, 3.63) is 68.5 Å². The molecular formula is C25H31N5O4S. The number of hydrogen-bond donors (Lipinski definition) is 1. The number of benzene rings is 2. The first-order valence-corrected chi connectivity index (χ1v) is 12.5. The van der Waals surface area contributed by atoms with Gasteiger partial charge in [-0.25, -0.2) is 4.98 Å². The molecule has 10 heteroatoms. The number of fused-ring (bicyclic) bond motifs is 1. The predicted molar refractivity (Wildman–Crippen MR) is 140 cm³/mol. The van der Waals surface area contributed by atoms with Gasteiger partial charge in [0, 0.05) is 43.0 Å². The van der Waals surface area contributed by atoms with Crippen LogP contribution in [0, 0.1) is 17.0 Å². The lowest BCUT2D eigenvalue weighted by atomic mass is 10.2. The first kappa shape index (κ1) is 26.4. The number of nitro groups is 1. The van der Waals surface area contributed by atoms with Crippen molar-refractivity contribution in [2.24, 2.45) is 0 Å². The van der Waals surface area contributed by atoms with Crippen molar-refractivity contribution in [1.82, 2.24) is 14.5 Å². The van der Waals surface area contributed by atoms with E-state index in [1.807, 2.05) is 12.1 Å².